The number of hydrogen-bond acceptors (Lipinski definition) is 7. The molecular weight excluding hydrogens is 500 g/mol. The maximum atomic E-state index is 10.1. The number of benzene rings is 2. The number of aliphatic hydroxyl groups excluding tert-OH is 1. The highest BCUT2D eigenvalue weighted by molar-refractivity contribution is 6.33. The van der Waals surface area contributed by atoms with Crippen molar-refractivity contribution in [1.29, 1.82) is 0 Å². The highest BCUT2D eigenvalue weighted by Crippen LogP contribution is 2.39. The first-order valence-electron chi connectivity index (χ1n) is 13.0. The maximum Gasteiger partial charge on any atom is 0.163 e. The fraction of sp³-hybridized carbons (Fsp3) is 0.367. The van der Waals surface area contributed by atoms with Gasteiger partial charge in [0.05, 0.1) is 28.1 Å². The summed E-state index contributed by atoms with van der Waals surface area (Å²) in [6.07, 6.45) is 1.05. The van der Waals surface area contributed by atoms with Crippen LogP contribution in [-0.4, -0.2) is 32.9 Å². The van der Waals surface area contributed by atoms with Crippen molar-refractivity contribution in [3.8, 4) is 28.4 Å². The lowest BCUT2D eigenvalue weighted by molar-refractivity contribution is 0.0994. The molecule has 0 bridgehead atoms. The van der Waals surface area contributed by atoms with Crippen LogP contribution in [0.4, 0.5) is 5.82 Å². The van der Waals surface area contributed by atoms with Gasteiger partial charge in [-0.15, -0.1) is 0 Å². The van der Waals surface area contributed by atoms with Gasteiger partial charge in [-0.25, -0.2) is 9.97 Å². The number of fused-ring (bicyclic) bond motifs is 1. The fourth-order valence-electron chi connectivity index (χ4n) is 5.11. The van der Waals surface area contributed by atoms with Crippen LogP contribution >= 0.6 is 11.6 Å². The predicted molar refractivity (Wildman–Crippen MR) is 150 cm³/mol. The van der Waals surface area contributed by atoms with E-state index in [1.54, 1.807) is 12.1 Å². The van der Waals surface area contributed by atoms with Crippen molar-refractivity contribution in [2.75, 3.05) is 11.5 Å². The van der Waals surface area contributed by atoms with Gasteiger partial charge in [0.25, 0.3) is 0 Å². The Labute approximate surface area is 228 Å². The number of anilines is 1. The number of aromatic nitrogens is 3. The van der Waals surface area contributed by atoms with E-state index in [4.69, 9.17) is 30.8 Å². The molecule has 5 rings (SSSR count). The first-order valence-corrected chi connectivity index (χ1v) is 13.4. The van der Waals surface area contributed by atoms with Crippen LogP contribution in [0.1, 0.15) is 53.5 Å². The molecule has 4 aromatic rings. The third kappa shape index (κ3) is 5.00. The minimum absolute atomic E-state index is 0.213. The van der Waals surface area contributed by atoms with E-state index in [9.17, 15) is 5.11 Å². The molecule has 0 amide bonds. The van der Waals surface area contributed by atoms with E-state index in [0.717, 1.165) is 47.8 Å². The van der Waals surface area contributed by atoms with Gasteiger partial charge in [-0.3, -0.25) is 0 Å². The van der Waals surface area contributed by atoms with E-state index in [2.05, 4.69) is 35.2 Å². The van der Waals surface area contributed by atoms with Gasteiger partial charge in [0, 0.05) is 24.2 Å². The lowest BCUT2D eigenvalue weighted by Crippen LogP contribution is -2.19. The average Bonchev–Trinajstić information content (AvgIpc) is 3.48. The smallest absolute Gasteiger partial charge is 0.163 e. The van der Waals surface area contributed by atoms with Crippen molar-refractivity contribution >= 4 is 17.4 Å². The number of halogens is 1. The summed E-state index contributed by atoms with van der Waals surface area (Å²) in [5, 5.41) is 14.8. The molecule has 7 nitrogen and oxygen atoms in total. The Morgan fingerprint density at radius 2 is 1.92 bits per heavy atom. The number of rotatable bonds is 8. The van der Waals surface area contributed by atoms with Crippen LogP contribution in [0.2, 0.25) is 5.02 Å². The molecule has 1 aliphatic heterocycles. The first-order chi connectivity index (χ1) is 18.3. The standard InChI is InChI=1S/C30H33ClN4O3/c1-6-8-22(36)16-37-23-11-12-26(31)24(13-23)29-32-28(27-19(4)34-38-20(27)5)18(3)30(33-29)35-14-21-10-7-9-17(2)25(21)15-35/h7,9-13,22,36H,6,8,14-16H2,1-5H3/t22-/m1/s1. The van der Waals surface area contributed by atoms with Gasteiger partial charge in [0.1, 0.15) is 23.9 Å². The van der Waals surface area contributed by atoms with Crippen molar-refractivity contribution < 1.29 is 14.4 Å². The predicted octanol–water partition coefficient (Wildman–Crippen LogP) is 6.75. The summed E-state index contributed by atoms with van der Waals surface area (Å²) in [7, 11) is 0. The second-order valence-electron chi connectivity index (χ2n) is 10.0. The summed E-state index contributed by atoms with van der Waals surface area (Å²) >= 11 is 6.70. The summed E-state index contributed by atoms with van der Waals surface area (Å²) < 4.78 is 11.4. The summed E-state index contributed by atoms with van der Waals surface area (Å²) in [4.78, 5) is 12.4. The molecule has 198 valence electrons. The van der Waals surface area contributed by atoms with Crippen LogP contribution in [0.15, 0.2) is 40.9 Å². The van der Waals surface area contributed by atoms with Crippen LogP contribution in [0.25, 0.3) is 22.6 Å². The molecule has 0 fully saturated rings. The third-order valence-corrected chi connectivity index (χ3v) is 7.48. The lowest BCUT2D eigenvalue weighted by atomic mass is 10.0. The monoisotopic (exact) mass is 532 g/mol. The van der Waals surface area contributed by atoms with Crippen molar-refractivity contribution in [3.63, 3.8) is 0 Å². The summed E-state index contributed by atoms with van der Waals surface area (Å²) in [6.45, 7) is 11.8. The van der Waals surface area contributed by atoms with Gasteiger partial charge in [-0.05, 0) is 69.0 Å². The zero-order valence-electron chi connectivity index (χ0n) is 22.5. The molecular formula is C30H33ClN4O3. The van der Waals surface area contributed by atoms with E-state index >= 15 is 0 Å². The number of aryl methyl sites for hydroxylation is 3. The van der Waals surface area contributed by atoms with Crippen LogP contribution in [0.3, 0.4) is 0 Å². The first kappa shape index (κ1) is 26.2. The van der Waals surface area contributed by atoms with E-state index in [1.165, 1.54) is 16.7 Å². The molecule has 3 heterocycles. The van der Waals surface area contributed by atoms with Gasteiger partial charge < -0.3 is 19.3 Å². The SMILES string of the molecule is CCC[C@@H](O)COc1ccc(Cl)c(-c2nc(-c3c(C)noc3C)c(C)c(N3Cc4cccc(C)c4C3)n2)c1. The van der Waals surface area contributed by atoms with E-state index in [-0.39, 0.29) is 6.61 Å². The molecule has 1 N–H and O–H groups in total. The molecule has 2 aromatic heterocycles. The maximum absolute atomic E-state index is 10.1. The molecule has 0 radical (unpaired) electrons. The zero-order chi connectivity index (χ0) is 27.0. The molecule has 0 saturated heterocycles. The lowest BCUT2D eigenvalue weighted by Gasteiger charge is -2.22. The Hall–Kier alpha value is -3.42. The van der Waals surface area contributed by atoms with E-state index in [1.807, 2.05) is 33.8 Å². The Kier molecular flexibility index (Phi) is 7.41. The second-order valence-corrected chi connectivity index (χ2v) is 10.4. The molecule has 38 heavy (non-hydrogen) atoms. The van der Waals surface area contributed by atoms with Crippen molar-refractivity contribution in [1.82, 2.24) is 15.1 Å². The van der Waals surface area contributed by atoms with Gasteiger partial charge in [0.2, 0.25) is 0 Å². The molecule has 0 spiro atoms. The number of nitrogens with zero attached hydrogens (tertiary/aromatic N) is 4. The molecule has 0 aliphatic carbocycles. The van der Waals surface area contributed by atoms with Crippen molar-refractivity contribution in [2.24, 2.45) is 0 Å². The normalized spacial score (nSPS) is 13.6. The molecule has 1 aliphatic rings. The molecule has 0 unspecified atom stereocenters. The van der Waals surface area contributed by atoms with E-state index < -0.39 is 6.10 Å². The summed E-state index contributed by atoms with van der Waals surface area (Å²) in [5.41, 5.74) is 7.96. The highest BCUT2D eigenvalue weighted by atomic mass is 35.5. The molecule has 1 atom stereocenters. The molecule has 2 aromatic carbocycles. The fourth-order valence-corrected chi connectivity index (χ4v) is 5.31. The largest absolute Gasteiger partial charge is 0.491 e. The van der Waals surface area contributed by atoms with Crippen LogP contribution in [0.5, 0.6) is 5.75 Å². The van der Waals surface area contributed by atoms with Gasteiger partial charge >= 0.3 is 0 Å². The van der Waals surface area contributed by atoms with E-state index in [0.29, 0.717) is 34.3 Å². The minimum Gasteiger partial charge on any atom is -0.491 e. The van der Waals surface area contributed by atoms with Gasteiger partial charge in [-0.2, -0.15) is 0 Å². The minimum atomic E-state index is -0.521. The zero-order valence-corrected chi connectivity index (χ0v) is 23.3. The highest BCUT2D eigenvalue weighted by Gasteiger charge is 2.27. The summed E-state index contributed by atoms with van der Waals surface area (Å²) in [6, 6.07) is 11.9. The van der Waals surface area contributed by atoms with Crippen LogP contribution in [-0.2, 0) is 13.1 Å². The average molecular weight is 533 g/mol. The Bertz CT molecular complexity index is 1460. The van der Waals surface area contributed by atoms with Gasteiger partial charge in [0.15, 0.2) is 5.82 Å². The Balaban J connectivity index is 1.61. The second kappa shape index (κ2) is 10.8. The number of aliphatic hydroxyl groups is 1. The van der Waals surface area contributed by atoms with Crippen molar-refractivity contribution in [3.05, 3.63) is 75.1 Å². The Morgan fingerprint density at radius 3 is 2.63 bits per heavy atom. The van der Waals surface area contributed by atoms with Gasteiger partial charge in [-0.1, -0.05) is 48.3 Å². The molecule has 8 heteroatoms. The van der Waals surface area contributed by atoms with Crippen molar-refractivity contribution in [2.45, 2.75) is 66.7 Å². The van der Waals surface area contributed by atoms with Crippen LogP contribution < -0.4 is 9.64 Å². The molecule has 0 saturated carbocycles. The summed E-state index contributed by atoms with van der Waals surface area (Å²) in [5.74, 6) is 2.66. The number of ether oxygens (including phenoxy) is 1. The topological polar surface area (TPSA) is 84.5 Å². The number of hydrogen-bond donors (Lipinski definition) is 1. The third-order valence-electron chi connectivity index (χ3n) is 7.15. The quantitative estimate of drug-likeness (QED) is 0.269. The van der Waals surface area contributed by atoms with Crippen LogP contribution in [0, 0.1) is 27.7 Å². The Morgan fingerprint density at radius 1 is 1.11 bits per heavy atom.